The van der Waals surface area contributed by atoms with Crippen LogP contribution in [-0.4, -0.2) is 35.1 Å². The zero-order valence-electron chi connectivity index (χ0n) is 13.6. The van der Waals surface area contributed by atoms with Gasteiger partial charge in [-0.2, -0.15) is 5.10 Å². The molecule has 1 atom stereocenters. The van der Waals surface area contributed by atoms with Crippen LogP contribution in [0.15, 0.2) is 47.1 Å². The molecule has 2 aromatic heterocycles. The molecule has 128 valence electrons. The number of nitrogens with one attached hydrogen (secondary N) is 2. The van der Waals surface area contributed by atoms with Crippen LogP contribution >= 0.6 is 0 Å². The molecule has 1 aromatic carbocycles. The Balaban J connectivity index is 1.40. The number of hydrogen-bond donors (Lipinski definition) is 2. The van der Waals surface area contributed by atoms with Crippen molar-refractivity contribution in [2.24, 2.45) is 5.92 Å². The summed E-state index contributed by atoms with van der Waals surface area (Å²) in [5.74, 6) is 0.865. The molecular weight excluding hydrogens is 320 g/mol. The molecule has 4 rings (SSSR count). The molecule has 2 N–H and O–H groups in total. The van der Waals surface area contributed by atoms with Crippen molar-refractivity contribution < 1.29 is 14.0 Å². The van der Waals surface area contributed by atoms with E-state index in [4.69, 9.17) is 4.42 Å². The number of amides is 2. The van der Waals surface area contributed by atoms with Crippen LogP contribution in [0.2, 0.25) is 0 Å². The fourth-order valence-corrected chi connectivity index (χ4v) is 3.15. The van der Waals surface area contributed by atoms with Crippen LogP contribution in [0.5, 0.6) is 0 Å². The number of furan rings is 1. The average Bonchev–Trinajstić information content (AvgIpc) is 3.34. The van der Waals surface area contributed by atoms with Gasteiger partial charge < -0.3 is 9.73 Å². The molecule has 1 fully saturated rings. The summed E-state index contributed by atoms with van der Waals surface area (Å²) in [5, 5.41) is 10.9. The Hall–Kier alpha value is -3.09. The van der Waals surface area contributed by atoms with Crippen molar-refractivity contribution in [2.75, 3.05) is 18.0 Å². The van der Waals surface area contributed by atoms with Crippen LogP contribution in [0.25, 0.3) is 10.9 Å². The van der Waals surface area contributed by atoms with E-state index >= 15 is 0 Å². The molecule has 0 saturated carbocycles. The molecule has 0 aliphatic carbocycles. The van der Waals surface area contributed by atoms with Gasteiger partial charge in [0.1, 0.15) is 5.76 Å². The Morgan fingerprint density at radius 1 is 1.32 bits per heavy atom. The lowest BCUT2D eigenvalue weighted by Gasteiger charge is -2.14. The molecule has 7 nitrogen and oxygen atoms in total. The zero-order chi connectivity index (χ0) is 17.2. The van der Waals surface area contributed by atoms with Gasteiger partial charge in [-0.3, -0.25) is 19.6 Å². The van der Waals surface area contributed by atoms with Gasteiger partial charge in [0.05, 0.1) is 17.7 Å². The van der Waals surface area contributed by atoms with Gasteiger partial charge in [-0.25, -0.2) is 0 Å². The molecule has 1 saturated heterocycles. The van der Waals surface area contributed by atoms with E-state index in [-0.39, 0.29) is 24.2 Å². The SMILES string of the molecule is O=C(NCCc1ccco1)C1CC(=O)N(c2n[nH]c3ccccc23)C1. The predicted octanol–water partition coefficient (Wildman–Crippen LogP) is 1.87. The Morgan fingerprint density at radius 2 is 2.20 bits per heavy atom. The molecule has 7 heteroatoms. The van der Waals surface area contributed by atoms with E-state index in [9.17, 15) is 9.59 Å². The number of para-hydroxylation sites is 1. The third-order valence-corrected chi connectivity index (χ3v) is 4.45. The van der Waals surface area contributed by atoms with E-state index in [1.165, 1.54) is 0 Å². The van der Waals surface area contributed by atoms with E-state index in [2.05, 4.69) is 15.5 Å². The Bertz CT molecular complexity index is 900. The van der Waals surface area contributed by atoms with E-state index in [1.54, 1.807) is 11.2 Å². The van der Waals surface area contributed by atoms with Crippen molar-refractivity contribution in [3.05, 3.63) is 48.4 Å². The van der Waals surface area contributed by atoms with E-state index < -0.39 is 0 Å². The molecule has 1 aliphatic heterocycles. The Labute approximate surface area is 144 Å². The van der Waals surface area contributed by atoms with Gasteiger partial charge in [-0.1, -0.05) is 12.1 Å². The van der Waals surface area contributed by atoms with Crippen molar-refractivity contribution in [2.45, 2.75) is 12.8 Å². The number of carbonyl (C=O) groups excluding carboxylic acids is 2. The number of aromatic amines is 1. The Morgan fingerprint density at radius 3 is 3.04 bits per heavy atom. The van der Waals surface area contributed by atoms with Gasteiger partial charge in [0, 0.05) is 31.3 Å². The third kappa shape index (κ3) is 3.00. The van der Waals surface area contributed by atoms with E-state index in [0.29, 0.717) is 25.3 Å². The molecule has 0 bridgehead atoms. The highest BCUT2D eigenvalue weighted by Crippen LogP contribution is 2.29. The predicted molar refractivity (Wildman–Crippen MR) is 92.0 cm³/mol. The van der Waals surface area contributed by atoms with Crippen LogP contribution in [0.4, 0.5) is 5.82 Å². The van der Waals surface area contributed by atoms with Gasteiger partial charge in [-0.15, -0.1) is 0 Å². The lowest BCUT2D eigenvalue weighted by molar-refractivity contribution is -0.126. The monoisotopic (exact) mass is 338 g/mol. The fourth-order valence-electron chi connectivity index (χ4n) is 3.15. The largest absolute Gasteiger partial charge is 0.469 e. The standard InChI is InChI=1S/C18H18N4O3/c23-16-10-12(18(24)19-8-7-13-4-3-9-25-13)11-22(16)17-14-5-1-2-6-15(14)20-21-17/h1-6,9,12H,7-8,10-11H2,(H,19,24)(H,20,21). The maximum atomic E-state index is 12.4. The van der Waals surface area contributed by atoms with Gasteiger partial charge >= 0.3 is 0 Å². The highest BCUT2D eigenvalue weighted by atomic mass is 16.3. The number of anilines is 1. The first-order chi connectivity index (χ1) is 12.2. The third-order valence-electron chi connectivity index (χ3n) is 4.45. The lowest BCUT2D eigenvalue weighted by atomic mass is 10.1. The van der Waals surface area contributed by atoms with Crippen molar-refractivity contribution in [1.82, 2.24) is 15.5 Å². The molecule has 1 unspecified atom stereocenters. The molecular formula is C18H18N4O3. The van der Waals surface area contributed by atoms with E-state index in [1.807, 2.05) is 36.4 Å². The number of nitrogens with zero attached hydrogens (tertiary/aromatic N) is 2. The number of hydrogen-bond acceptors (Lipinski definition) is 4. The summed E-state index contributed by atoms with van der Waals surface area (Å²) < 4.78 is 5.24. The Kier molecular flexibility index (Phi) is 3.97. The zero-order valence-corrected chi connectivity index (χ0v) is 13.6. The summed E-state index contributed by atoms with van der Waals surface area (Å²) >= 11 is 0. The first-order valence-electron chi connectivity index (χ1n) is 8.26. The second-order valence-electron chi connectivity index (χ2n) is 6.12. The molecule has 0 radical (unpaired) electrons. The van der Waals surface area contributed by atoms with Crippen molar-refractivity contribution in [3.63, 3.8) is 0 Å². The fraction of sp³-hybridized carbons (Fsp3) is 0.278. The quantitative estimate of drug-likeness (QED) is 0.743. The second kappa shape index (κ2) is 6.43. The van der Waals surface area contributed by atoms with Crippen LogP contribution in [0.3, 0.4) is 0 Å². The summed E-state index contributed by atoms with van der Waals surface area (Å²) in [6.45, 7) is 0.836. The van der Waals surface area contributed by atoms with Gasteiger partial charge in [-0.05, 0) is 24.3 Å². The molecule has 3 aromatic rings. The molecule has 2 amide bonds. The molecule has 25 heavy (non-hydrogen) atoms. The molecule has 3 heterocycles. The maximum absolute atomic E-state index is 12.4. The maximum Gasteiger partial charge on any atom is 0.229 e. The highest BCUT2D eigenvalue weighted by Gasteiger charge is 2.36. The number of fused-ring (bicyclic) bond motifs is 1. The average molecular weight is 338 g/mol. The highest BCUT2D eigenvalue weighted by molar-refractivity contribution is 6.05. The normalized spacial score (nSPS) is 17.4. The minimum absolute atomic E-state index is 0.0802. The minimum atomic E-state index is -0.362. The number of benzene rings is 1. The summed E-state index contributed by atoms with van der Waals surface area (Å²) in [4.78, 5) is 26.3. The van der Waals surface area contributed by atoms with Gasteiger partial charge in [0.25, 0.3) is 0 Å². The van der Waals surface area contributed by atoms with Crippen LogP contribution in [-0.2, 0) is 16.0 Å². The summed E-state index contributed by atoms with van der Waals surface area (Å²) in [7, 11) is 0. The molecule has 0 spiro atoms. The van der Waals surface area contributed by atoms with Crippen molar-refractivity contribution in [1.29, 1.82) is 0 Å². The molecule has 1 aliphatic rings. The van der Waals surface area contributed by atoms with Crippen LogP contribution in [0.1, 0.15) is 12.2 Å². The number of rotatable bonds is 5. The van der Waals surface area contributed by atoms with Crippen molar-refractivity contribution in [3.8, 4) is 0 Å². The van der Waals surface area contributed by atoms with Gasteiger partial charge in [0.2, 0.25) is 11.8 Å². The van der Waals surface area contributed by atoms with Gasteiger partial charge in [0.15, 0.2) is 5.82 Å². The second-order valence-corrected chi connectivity index (χ2v) is 6.12. The summed E-state index contributed by atoms with van der Waals surface area (Å²) in [6.07, 6.45) is 2.44. The number of aromatic nitrogens is 2. The van der Waals surface area contributed by atoms with Crippen molar-refractivity contribution >= 4 is 28.5 Å². The first-order valence-corrected chi connectivity index (χ1v) is 8.26. The minimum Gasteiger partial charge on any atom is -0.469 e. The topological polar surface area (TPSA) is 91.2 Å². The first kappa shape index (κ1) is 15.4. The van der Waals surface area contributed by atoms with Crippen LogP contribution in [0, 0.1) is 5.92 Å². The summed E-state index contributed by atoms with van der Waals surface area (Å²) in [6, 6.07) is 11.3. The van der Waals surface area contributed by atoms with E-state index in [0.717, 1.165) is 16.7 Å². The summed E-state index contributed by atoms with van der Waals surface area (Å²) in [5.41, 5.74) is 0.872. The number of H-pyrrole nitrogens is 1. The smallest absolute Gasteiger partial charge is 0.229 e. The van der Waals surface area contributed by atoms with Crippen LogP contribution < -0.4 is 10.2 Å². The lowest BCUT2D eigenvalue weighted by Crippen LogP contribution is -2.34. The number of carbonyl (C=O) groups is 2.